The number of benzene rings is 1. The maximum absolute atomic E-state index is 14.4. The molecular weight excluding hydrogens is 741 g/mol. The lowest BCUT2D eigenvalue weighted by Gasteiger charge is -2.30. The third-order valence-corrected chi connectivity index (χ3v) is 11.3. The molecule has 1 aromatic carbocycles. The van der Waals surface area contributed by atoms with Crippen molar-refractivity contribution in [1.29, 1.82) is 0 Å². The molecule has 3 heterocycles. The van der Waals surface area contributed by atoms with E-state index in [0.717, 1.165) is 51.2 Å². The molecule has 15 nitrogen and oxygen atoms in total. The third kappa shape index (κ3) is 12.7. The summed E-state index contributed by atoms with van der Waals surface area (Å²) in [4.78, 5) is 62.1. The van der Waals surface area contributed by atoms with Crippen LogP contribution in [0, 0.1) is 5.92 Å². The second-order valence-corrected chi connectivity index (χ2v) is 18.3. The fourth-order valence-corrected chi connectivity index (χ4v) is 8.54. The molecule has 1 saturated carbocycles. The number of nitrogens with zero attached hydrogens (tertiary/aromatic N) is 3. The van der Waals surface area contributed by atoms with Gasteiger partial charge in [-0.1, -0.05) is 23.8 Å². The Morgan fingerprint density at radius 2 is 1.77 bits per heavy atom. The number of carbonyl (C=O) groups excluding carboxylic acids is 4. The van der Waals surface area contributed by atoms with Crippen molar-refractivity contribution in [1.82, 2.24) is 30.1 Å². The van der Waals surface area contributed by atoms with E-state index in [4.69, 9.17) is 9.15 Å². The van der Waals surface area contributed by atoms with E-state index in [1.165, 1.54) is 10.5 Å². The number of fused-ring (bicyclic) bond motifs is 1. The molecule has 2 aromatic rings. The molecule has 0 spiro atoms. The van der Waals surface area contributed by atoms with Crippen molar-refractivity contribution in [2.24, 2.45) is 5.92 Å². The number of sulfonamides is 1. The standard InChI is InChI=1S/C40H60N6O9S/c1-40(2,3)55-39(51)41-21-11-10-17-30(35(48)37-43-29-16-8-9-18-33(29)54-37)42-36(49)32-24-28(25-34(47)45-22-12-5-13-23-45)26-46(32)38(50)31(44-56(4,52)53)20-19-27-14-6-7-15-27/h8-9,16,18-19,28,30-32,35,44,48H,5-7,10-15,17,20-26H2,1-4H3,(H,41,51)(H,42,49)/t28-,30-,31+,32-,35?/m0/s1. The molecule has 2 saturated heterocycles. The Balaban J connectivity index is 1.36. The van der Waals surface area contributed by atoms with Crippen molar-refractivity contribution in [2.75, 3.05) is 32.4 Å². The van der Waals surface area contributed by atoms with E-state index in [1.807, 2.05) is 11.0 Å². The number of allylic oxidation sites excluding steroid dienone is 1. The molecule has 16 heteroatoms. The number of hydrogen-bond acceptors (Lipinski definition) is 10. The highest BCUT2D eigenvalue weighted by atomic mass is 32.2. The van der Waals surface area contributed by atoms with Crippen LogP contribution in [0.3, 0.4) is 0 Å². The van der Waals surface area contributed by atoms with Gasteiger partial charge in [0.1, 0.15) is 23.2 Å². The third-order valence-electron chi connectivity index (χ3n) is 10.6. The summed E-state index contributed by atoms with van der Waals surface area (Å²) in [5.41, 5.74) is 1.54. The first kappa shape index (κ1) is 43.1. The zero-order valence-electron chi connectivity index (χ0n) is 33.3. The van der Waals surface area contributed by atoms with E-state index < -0.39 is 57.8 Å². The van der Waals surface area contributed by atoms with Gasteiger partial charge in [-0.05, 0) is 116 Å². The average Bonchev–Trinajstić information content (AvgIpc) is 3.92. The summed E-state index contributed by atoms with van der Waals surface area (Å²) in [6.07, 6.45) is 9.59. The lowest BCUT2D eigenvalue weighted by molar-refractivity contribution is -0.140. The van der Waals surface area contributed by atoms with Crippen LogP contribution >= 0.6 is 0 Å². The Morgan fingerprint density at radius 1 is 1.05 bits per heavy atom. The number of ether oxygens (including phenoxy) is 1. The largest absolute Gasteiger partial charge is 0.444 e. The van der Waals surface area contributed by atoms with Crippen LogP contribution in [-0.4, -0.2) is 108 Å². The Labute approximate surface area is 330 Å². The molecule has 0 bridgehead atoms. The number of aromatic nitrogens is 1. The van der Waals surface area contributed by atoms with Crippen LogP contribution in [0.5, 0.6) is 0 Å². The molecule has 5 atom stereocenters. The number of para-hydroxylation sites is 2. The fourth-order valence-electron chi connectivity index (χ4n) is 7.83. The molecule has 1 aromatic heterocycles. The van der Waals surface area contributed by atoms with Crippen molar-refractivity contribution in [2.45, 2.75) is 134 Å². The minimum Gasteiger partial charge on any atom is -0.444 e. The predicted octanol–water partition coefficient (Wildman–Crippen LogP) is 4.47. The number of hydrogen-bond donors (Lipinski definition) is 4. The van der Waals surface area contributed by atoms with Crippen molar-refractivity contribution < 1.29 is 41.9 Å². The molecular formula is C40H60N6O9S. The van der Waals surface area contributed by atoms with Crippen LogP contribution in [0.25, 0.3) is 11.1 Å². The topological polar surface area (TPSA) is 200 Å². The molecule has 310 valence electrons. The SMILES string of the molecule is CC(C)(C)OC(=O)NCCCC[C@H](NC(=O)[C@@H]1C[C@@H](CC(=O)N2CCCCC2)CN1C(=O)[C@@H](CC=C1CCCC1)NS(C)(=O)=O)C(O)c1nc2ccccc2o1. The quantitative estimate of drug-likeness (QED) is 0.139. The van der Waals surface area contributed by atoms with Gasteiger partial charge in [0.15, 0.2) is 11.7 Å². The number of unbranched alkanes of at least 4 members (excludes halogenated alkanes) is 1. The first-order valence-corrected chi connectivity index (χ1v) is 22.0. The first-order chi connectivity index (χ1) is 26.6. The minimum atomic E-state index is -3.80. The Kier molecular flexibility index (Phi) is 14.9. The second-order valence-electron chi connectivity index (χ2n) is 16.5. The maximum atomic E-state index is 14.4. The van der Waals surface area contributed by atoms with E-state index in [9.17, 15) is 32.7 Å². The van der Waals surface area contributed by atoms with E-state index in [0.29, 0.717) is 43.6 Å². The number of piperidine rings is 1. The Morgan fingerprint density at radius 3 is 2.45 bits per heavy atom. The number of oxazole rings is 1. The highest BCUT2D eigenvalue weighted by Crippen LogP contribution is 2.31. The van der Waals surface area contributed by atoms with Crippen LogP contribution in [0.2, 0.25) is 0 Å². The summed E-state index contributed by atoms with van der Waals surface area (Å²) in [5.74, 6) is -1.42. The van der Waals surface area contributed by atoms with Gasteiger partial charge in [-0.15, -0.1) is 0 Å². The molecule has 1 aliphatic carbocycles. The number of rotatable bonds is 16. The highest BCUT2D eigenvalue weighted by Gasteiger charge is 2.44. The number of nitrogens with one attached hydrogen (secondary N) is 3. The molecule has 4 N–H and O–H groups in total. The molecule has 2 aliphatic heterocycles. The van der Waals surface area contributed by atoms with Crippen molar-refractivity contribution >= 4 is 44.9 Å². The van der Waals surface area contributed by atoms with Crippen molar-refractivity contribution in [3.8, 4) is 0 Å². The van der Waals surface area contributed by atoms with Crippen LogP contribution in [0.1, 0.15) is 116 Å². The van der Waals surface area contributed by atoms with Gasteiger partial charge in [0.2, 0.25) is 33.6 Å². The second kappa shape index (κ2) is 19.4. The van der Waals surface area contributed by atoms with Crippen molar-refractivity contribution in [3.05, 3.63) is 41.8 Å². The molecule has 56 heavy (non-hydrogen) atoms. The van der Waals surface area contributed by atoms with Gasteiger partial charge < -0.3 is 34.7 Å². The Hall–Kier alpha value is -4.02. The monoisotopic (exact) mass is 800 g/mol. The lowest BCUT2D eigenvalue weighted by atomic mass is 9.98. The summed E-state index contributed by atoms with van der Waals surface area (Å²) in [7, 11) is -3.80. The van der Waals surface area contributed by atoms with Gasteiger partial charge in [0, 0.05) is 32.6 Å². The van der Waals surface area contributed by atoms with Gasteiger partial charge in [-0.2, -0.15) is 0 Å². The molecule has 4 amide bonds. The van der Waals surface area contributed by atoms with E-state index in [2.05, 4.69) is 20.3 Å². The normalized spacial score (nSPS) is 20.8. The highest BCUT2D eigenvalue weighted by molar-refractivity contribution is 7.88. The summed E-state index contributed by atoms with van der Waals surface area (Å²) in [6.45, 7) is 7.08. The van der Waals surface area contributed by atoms with Crippen LogP contribution < -0.4 is 15.4 Å². The maximum Gasteiger partial charge on any atom is 0.407 e. The zero-order valence-corrected chi connectivity index (χ0v) is 34.1. The van der Waals surface area contributed by atoms with Crippen LogP contribution in [-0.2, 0) is 29.1 Å². The Bertz CT molecular complexity index is 1780. The van der Waals surface area contributed by atoms with Gasteiger partial charge in [-0.25, -0.2) is 22.9 Å². The smallest absolute Gasteiger partial charge is 0.407 e. The number of alkyl carbamates (subject to hydrolysis) is 1. The fraction of sp³-hybridized carbons (Fsp3) is 0.675. The van der Waals surface area contributed by atoms with Crippen LogP contribution in [0.15, 0.2) is 40.3 Å². The number of aliphatic hydroxyl groups excluding tert-OH is 1. The molecule has 5 rings (SSSR count). The molecule has 0 radical (unpaired) electrons. The number of amides is 4. The zero-order chi connectivity index (χ0) is 40.5. The minimum absolute atomic E-state index is 0.0186. The van der Waals surface area contributed by atoms with E-state index >= 15 is 0 Å². The van der Waals surface area contributed by atoms with E-state index in [-0.39, 0.29) is 49.9 Å². The van der Waals surface area contributed by atoms with Crippen molar-refractivity contribution in [3.63, 3.8) is 0 Å². The van der Waals surface area contributed by atoms with Gasteiger partial charge in [0.05, 0.1) is 12.3 Å². The number of aliphatic hydroxyl groups is 1. The summed E-state index contributed by atoms with van der Waals surface area (Å²) < 4.78 is 38.7. The molecule has 3 aliphatic rings. The van der Waals surface area contributed by atoms with E-state index in [1.54, 1.807) is 45.0 Å². The molecule has 1 unspecified atom stereocenters. The summed E-state index contributed by atoms with van der Waals surface area (Å²) in [5, 5.41) is 17.4. The predicted molar refractivity (Wildman–Crippen MR) is 211 cm³/mol. The lowest BCUT2D eigenvalue weighted by Crippen LogP contribution is -2.54. The van der Waals surface area contributed by atoms with Crippen LogP contribution in [0.4, 0.5) is 4.79 Å². The number of carbonyl (C=O) groups is 4. The summed E-state index contributed by atoms with van der Waals surface area (Å²) >= 11 is 0. The first-order valence-electron chi connectivity index (χ1n) is 20.1. The van der Waals surface area contributed by atoms with Gasteiger partial charge in [0.25, 0.3) is 0 Å². The summed E-state index contributed by atoms with van der Waals surface area (Å²) in [6, 6.07) is 3.99. The number of likely N-dealkylation sites (tertiary alicyclic amines) is 2. The van der Waals surface area contributed by atoms with Gasteiger partial charge >= 0.3 is 6.09 Å². The average molecular weight is 801 g/mol. The van der Waals surface area contributed by atoms with Gasteiger partial charge in [-0.3, -0.25) is 14.4 Å². The molecule has 3 fully saturated rings.